The third-order valence-electron chi connectivity index (χ3n) is 4.47. The lowest BCUT2D eigenvalue weighted by Gasteiger charge is -2.07. The Kier molecular flexibility index (Phi) is 5.74. The standard InChI is InChI=1S/C21H23N5O2/c1-4-15-9-11-16(12-10-15)19-17(20(27)23-24-21(28)22-3)13-26(25-19)18-8-6-5-7-14(18)2/h5-13H,4H2,1-3H3,(H,23,27)(H2,22,24,28). The first kappa shape index (κ1) is 19.2. The van der Waals surface area contributed by atoms with Crippen LogP contribution in [0, 0.1) is 6.92 Å². The van der Waals surface area contributed by atoms with Crippen molar-refractivity contribution in [3.8, 4) is 16.9 Å². The molecule has 0 unspecified atom stereocenters. The molecule has 7 nitrogen and oxygen atoms in total. The van der Waals surface area contributed by atoms with E-state index in [4.69, 9.17) is 0 Å². The molecule has 1 aromatic heterocycles. The van der Waals surface area contributed by atoms with Crippen LogP contribution in [0.25, 0.3) is 16.9 Å². The molecule has 28 heavy (non-hydrogen) atoms. The van der Waals surface area contributed by atoms with Gasteiger partial charge in [0.1, 0.15) is 5.69 Å². The number of nitrogens with zero attached hydrogens (tertiary/aromatic N) is 2. The molecule has 0 radical (unpaired) electrons. The fraction of sp³-hybridized carbons (Fsp3) is 0.190. The van der Waals surface area contributed by atoms with Crippen LogP contribution in [0.5, 0.6) is 0 Å². The first-order valence-corrected chi connectivity index (χ1v) is 9.06. The number of hydrogen-bond donors (Lipinski definition) is 3. The number of rotatable bonds is 4. The molecule has 0 fully saturated rings. The molecule has 0 aliphatic carbocycles. The molecule has 3 rings (SSSR count). The van der Waals surface area contributed by atoms with Crippen LogP contribution in [0.1, 0.15) is 28.4 Å². The SMILES string of the molecule is CCc1ccc(-c2nn(-c3ccccc3C)cc2C(=O)NNC(=O)NC)cc1. The minimum absolute atomic E-state index is 0.365. The van der Waals surface area contributed by atoms with Gasteiger partial charge < -0.3 is 5.32 Å². The molecule has 2 aromatic carbocycles. The van der Waals surface area contributed by atoms with Gasteiger partial charge in [0.25, 0.3) is 5.91 Å². The van der Waals surface area contributed by atoms with Gasteiger partial charge in [-0.15, -0.1) is 0 Å². The molecule has 7 heteroatoms. The lowest BCUT2D eigenvalue weighted by atomic mass is 10.0. The van der Waals surface area contributed by atoms with Gasteiger partial charge in [-0.25, -0.2) is 14.9 Å². The number of hydrazine groups is 1. The monoisotopic (exact) mass is 377 g/mol. The highest BCUT2D eigenvalue weighted by Gasteiger charge is 2.19. The van der Waals surface area contributed by atoms with Crippen molar-refractivity contribution in [2.24, 2.45) is 0 Å². The van der Waals surface area contributed by atoms with Crippen molar-refractivity contribution in [2.45, 2.75) is 20.3 Å². The van der Waals surface area contributed by atoms with Gasteiger partial charge >= 0.3 is 6.03 Å². The van der Waals surface area contributed by atoms with Crippen molar-refractivity contribution in [2.75, 3.05) is 7.05 Å². The summed E-state index contributed by atoms with van der Waals surface area (Å²) in [6, 6.07) is 15.2. The van der Waals surface area contributed by atoms with E-state index in [1.807, 2.05) is 55.5 Å². The maximum Gasteiger partial charge on any atom is 0.333 e. The summed E-state index contributed by atoms with van der Waals surface area (Å²) in [7, 11) is 1.47. The second kappa shape index (κ2) is 8.39. The normalized spacial score (nSPS) is 10.4. The first-order valence-electron chi connectivity index (χ1n) is 9.06. The van der Waals surface area contributed by atoms with Crippen LogP contribution in [0.2, 0.25) is 0 Å². The number of carbonyl (C=O) groups is 2. The summed E-state index contributed by atoms with van der Waals surface area (Å²) in [6.45, 7) is 4.07. The topological polar surface area (TPSA) is 88.1 Å². The van der Waals surface area contributed by atoms with Crippen LogP contribution in [-0.2, 0) is 6.42 Å². The molecule has 3 aromatic rings. The summed E-state index contributed by atoms with van der Waals surface area (Å²) in [6.07, 6.45) is 2.60. The summed E-state index contributed by atoms with van der Waals surface area (Å²) in [4.78, 5) is 24.1. The molecule has 0 aliphatic heterocycles. The zero-order chi connectivity index (χ0) is 20.1. The van der Waals surface area contributed by atoms with Crippen LogP contribution in [0.4, 0.5) is 4.79 Å². The number of aromatic nitrogens is 2. The van der Waals surface area contributed by atoms with Gasteiger partial charge in [0.05, 0.1) is 11.3 Å². The van der Waals surface area contributed by atoms with E-state index in [0.717, 1.165) is 23.2 Å². The third kappa shape index (κ3) is 4.03. The van der Waals surface area contributed by atoms with Gasteiger partial charge in [-0.2, -0.15) is 5.10 Å². The van der Waals surface area contributed by atoms with Crippen LogP contribution in [0.15, 0.2) is 54.7 Å². The largest absolute Gasteiger partial charge is 0.340 e. The molecule has 3 N–H and O–H groups in total. The maximum absolute atomic E-state index is 12.7. The summed E-state index contributed by atoms with van der Waals surface area (Å²) in [5.74, 6) is -0.446. The highest BCUT2D eigenvalue weighted by Crippen LogP contribution is 2.25. The quantitative estimate of drug-likeness (QED) is 0.611. The number of carbonyl (C=O) groups excluding carboxylic acids is 2. The van der Waals surface area contributed by atoms with Crippen LogP contribution in [-0.4, -0.2) is 28.8 Å². The molecular weight excluding hydrogens is 354 g/mol. The Bertz CT molecular complexity index is 992. The predicted molar refractivity (Wildman–Crippen MR) is 108 cm³/mol. The lowest BCUT2D eigenvalue weighted by molar-refractivity contribution is 0.0937. The average molecular weight is 377 g/mol. The highest BCUT2D eigenvalue weighted by atomic mass is 16.2. The molecule has 0 spiro atoms. The van der Waals surface area contributed by atoms with E-state index >= 15 is 0 Å². The summed E-state index contributed by atoms with van der Waals surface area (Å²) < 4.78 is 1.69. The molecular formula is C21H23N5O2. The molecule has 144 valence electrons. The Labute approximate surface area is 163 Å². The van der Waals surface area contributed by atoms with Gasteiger partial charge in [-0.3, -0.25) is 10.2 Å². The summed E-state index contributed by atoms with van der Waals surface area (Å²) in [5, 5.41) is 7.05. The number of amides is 3. The van der Waals surface area contributed by atoms with Gasteiger partial charge in [-0.05, 0) is 30.5 Å². The predicted octanol–water partition coefficient (Wildman–Crippen LogP) is 2.98. The molecule has 0 aliphatic rings. The van der Waals surface area contributed by atoms with Gasteiger partial charge in [-0.1, -0.05) is 49.4 Å². The molecule has 3 amide bonds. The molecule has 0 atom stereocenters. The first-order chi connectivity index (χ1) is 13.5. The minimum Gasteiger partial charge on any atom is -0.340 e. The van der Waals surface area contributed by atoms with Crippen molar-refractivity contribution in [1.82, 2.24) is 25.9 Å². The zero-order valence-corrected chi connectivity index (χ0v) is 16.1. The Hall–Kier alpha value is -3.61. The van der Waals surface area contributed by atoms with E-state index in [1.165, 1.54) is 12.6 Å². The van der Waals surface area contributed by atoms with Crippen molar-refractivity contribution in [3.63, 3.8) is 0 Å². The number of nitrogens with one attached hydrogen (secondary N) is 3. The zero-order valence-electron chi connectivity index (χ0n) is 16.1. The Morgan fingerprint density at radius 1 is 1.04 bits per heavy atom. The van der Waals surface area contributed by atoms with E-state index in [9.17, 15) is 9.59 Å². The lowest BCUT2D eigenvalue weighted by Crippen LogP contribution is -2.45. The number of para-hydroxylation sites is 1. The molecule has 0 bridgehead atoms. The van der Waals surface area contributed by atoms with E-state index < -0.39 is 11.9 Å². The molecule has 0 saturated carbocycles. The smallest absolute Gasteiger partial charge is 0.333 e. The fourth-order valence-electron chi connectivity index (χ4n) is 2.84. The summed E-state index contributed by atoms with van der Waals surface area (Å²) in [5.41, 5.74) is 9.57. The Morgan fingerprint density at radius 2 is 1.75 bits per heavy atom. The van der Waals surface area contributed by atoms with Gasteiger partial charge in [0, 0.05) is 18.8 Å². The molecule has 0 saturated heterocycles. The van der Waals surface area contributed by atoms with Crippen LogP contribution >= 0.6 is 0 Å². The van der Waals surface area contributed by atoms with E-state index in [0.29, 0.717) is 11.3 Å². The Balaban J connectivity index is 2.03. The number of urea groups is 1. The third-order valence-corrected chi connectivity index (χ3v) is 4.47. The van der Waals surface area contributed by atoms with E-state index in [1.54, 1.807) is 10.9 Å². The maximum atomic E-state index is 12.7. The van der Waals surface area contributed by atoms with Crippen molar-refractivity contribution in [3.05, 3.63) is 71.4 Å². The van der Waals surface area contributed by atoms with Crippen LogP contribution in [0.3, 0.4) is 0 Å². The second-order valence-electron chi connectivity index (χ2n) is 6.33. The van der Waals surface area contributed by atoms with Crippen molar-refractivity contribution < 1.29 is 9.59 Å². The number of aryl methyl sites for hydroxylation is 2. The van der Waals surface area contributed by atoms with Crippen molar-refractivity contribution >= 4 is 11.9 Å². The second-order valence-corrected chi connectivity index (χ2v) is 6.33. The molecule has 1 heterocycles. The van der Waals surface area contributed by atoms with Gasteiger partial charge in [0.2, 0.25) is 0 Å². The number of hydrogen-bond acceptors (Lipinski definition) is 3. The van der Waals surface area contributed by atoms with E-state index in [2.05, 4.69) is 28.2 Å². The minimum atomic E-state index is -0.506. The number of benzene rings is 2. The van der Waals surface area contributed by atoms with Crippen LogP contribution < -0.4 is 16.2 Å². The highest BCUT2D eigenvalue weighted by molar-refractivity contribution is 6.00. The van der Waals surface area contributed by atoms with Crippen molar-refractivity contribution in [1.29, 1.82) is 0 Å². The fourth-order valence-corrected chi connectivity index (χ4v) is 2.84. The van der Waals surface area contributed by atoms with E-state index in [-0.39, 0.29) is 0 Å². The summed E-state index contributed by atoms with van der Waals surface area (Å²) >= 11 is 0. The Morgan fingerprint density at radius 3 is 2.39 bits per heavy atom. The van der Waals surface area contributed by atoms with Gasteiger partial charge in [0.15, 0.2) is 0 Å². The average Bonchev–Trinajstić information content (AvgIpc) is 3.17.